The number of halogens is 1. The molecule has 1 fully saturated rings. The number of carbonyl (C=O) groups excluding carboxylic acids is 1. The van der Waals surface area contributed by atoms with Crippen LogP contribution in [0.5, 0.6) is 0 Å². The summed E-state index contributed by atoms with van der Waals surface area (Å²) in [5.74, 6) is 1.18. The van der Waals surface area contributed by atoms with Gasteiger partial charge in [0.05, 0.1) is 6.42 Å². The van der Waals surface area contributed by atoms with E-state index in [0.717, 1.165) is 24.0 Å². The molecule has 3 N–H and O–H groups in total. The molecule has 5 nitrogen and oxygen atoms in total. The number of benzene rings is 1. The van der Waals surface area contributed by atoms with Gasteiger partial charge in [-0.2, -0.15) is 0 Å². The molecule has 6 heteroatoms. The number of hydrogen-bond acceptors (Lipinski definition) is 2. The number of nitrogens with zero attached hydrogens (tertiary/aromatic N) is 1. The number of rotatable bonds is 7. The van der Waals surface area contributed by atoms with Crippen molar-refractivity contribution in [1.29, 1.82) is 0 Å². The van der Waals surface area contributed by atoms with Crippen LogP contribution >= 0.6 is 0 Å². The Morgan fingerprint density at radius 1 is 1.18 bits per heavy atom. The minimum Gasteiger partial charge on any atom is -0.356 e. The first-order valence-corrected chi connectivity index (χ1v) is 7.63. The van der Waals surface area contributed by atoms with Crippen molar-refractivity contribution in [3.05, 3.63) is 35.6 Å². The average molecular weight is 306 g/mol. The number of aliphatic imine (C=N–C) groups is 1. The second kappa shape index (κ2) is 8.36. The highest BCUT2D eigenvalue weighted by atomic mass is 19.1. The van der Waals surface area contributed by atoms with Crippen LogP contribution in [-0.2, 0) is 11.2 Å². The quantitative estimate of drug-likeness (QED) is 0.401. The number of amides is 1. The minimum atomic E-state index is -0.293. The number of hydrogen-bond donors (Lipinski definition) is 3. The van der Waals surface area contributed by atoms with Gasteiger partial charge in [-0.25, -0.2) is 4.39 Å². The molecular formula is C16H23FN4O. The molecule has 22 heavy (non-hydrogen) atoms. The van der Waals surface area contributed by atoms with Crippen molar-refractivity contribution in [2.75, 3.05) is 26.7 Å². The average Bonchev–Trinajstić information content (AvgIpc) is 3.33. The highest BCUT2D eigenvalue weighted by molar-refractivity contribution is 5.80. The summed E-state index contributed by atoms with van der Waals surface area (Å²) in [7, 11) is 1.73. The zero-order valence-corrected chi connectivity index (χ0v) is 12.9. The summed E-state index contributed by atoms with van der Waals surface area (Å²) < 4.78 is 12.8. The molecule has 0 bridgehead atoms. The van der Waals surface area contributed by atoms with Crippen LogP contribution in [0.2, 0.25) is 0 Å². The van der Waals surface area contributed by atoms with Gasteiger partial charge in [0.1, 0.15) is 5.82 Å². The predicted octanol–water partition coefficient (Wildman–Crippen LogP) is 1.06. The molecule has 0 heterocycles. The molecule has 0 aliphatic heterocycles. The van der Waals surface area contributed by atoms with Crippen molar-refractivity contribution < 1.29 is 9.18 Å². The maximum absolute atomic E-state index is 12.8. The third kappa shape index (κ3) is 6.11. The maximum Gasteiger partial charge on any atom is 0.224 e. The predicted molar refractivity (Wildman–Crippen MR) is 85.2 cm³/mol. The molecule has 0 unspecified atom stereocenters. The molecule has 120 valence electrons. The first-order chi connectivity index (χ1) is 10.7. The SMILES string of the molecule is CN=C(NCCNC(=O)Cc1ccc(F)cc1)NCC1CC1. The van der Waals surface area contributed by atoms with Crippen molar-refractivity contribution in [1.82, 2.24) is 16.0 Å². The van der Waals surface area contributed by atoms with Crippen molar-refractivity contribution in [3.63, 3.8) is 0 Å². The second-order valence-corrected chi connectivity index (χ2v) is 5.48. The number of nitrogens with one attached hydrogen (secondary N) is 3. The van der Waals surface area contributed by atoms with Crippen molar-refractivity contribution >= 4 is 11.9 Å². The lowest BCUT2D eigenvalue weighted by Gasteiger charge is -2.12. The molecular weight excluding hydrogens is 283 g/mol. The van der Waals surface area contributed by atoms with Crippen molar-refractivity contribution in [2.45, 2.75) is 19.3 Å². The van der Waals surface area contributed by atoms with E-state index in [4.69, 9.17) is 0 Å². The Bertz CT molecular complexity index is 511. The zero-order valence-electron chi connectivity index (χ0n) is 12.9. The van der Waals surface area contributed by atoms with Crippen LogP contribution in [0.1, 0.15) is 18.4 Å². The van der Waals surface area contributed by atoms with Gasteiger partial charge < -0.3 is 16.0 Å². The highest BCUT2D eigenvalue weighted by Crippen LogP contribution is 2.27. The first kappa shape index (κ1) is 16.3. The normalized spacial score (nSPS) is 14.5. The topological polar surface area (TPSA) is 65.5 Å². The van der Waals surface area contributed by atoms with E-state index in [0.29, 0.717) is 13.1 Å². The van der Waals surface area contributed by atoms with Crippen molar-refractivity contribution in [3.8, 4) is 0 Å². The van der Waals surface area contributed by atoms with Gasteiger partial charge in [0.25, 0.3) is 0 Å². The Labute approximate surface area is 130 Å². The van der Waals surface area contributed by atoms with Crippen molar-refractivity contribution in [2.24, 2.45) is 10.9 Å². The van der Waals surface area contributed by atoms with Gasteiger partial charge in [-0.1, -0.05) is 12.1 Å². The molecule has 0 saturated heterocycles. The lowest BCUT2D eigenvalue weighted by atomic mass is 10.1. The Balaban J connectivity index is 1.58. The molecule has 1 aromatic carbocycles. The summed E-state index contributed by atoms with van der Waals surface area (Å²) in [6.07, 6.45) is 2.85. The molecule has 1 aliphatic rings. The van der Waals surface area contributed by atoms with E-state index in [2.05, 4.69) is 20.9 Å². The van der Waals surface area contributed by atoms with E-state index in [1.165, 1.54) is 25.0 Å². The molecule has 0 atom stereocenters. The maximum atomic E-state index is 12.8. The van der Waals surface area contributed by atoms with E-state index in [1.807, 2.05) is 0 Å². The van der Waals surface area contributed by atoms with E-state index in [9.17, 15) is 9.18 Å². The fourth-order valence-corrected chi connectivity index (χ4v) is 2.02. The van der Waals surface area contributed by atoms with E-state index < -0.39 is 0 Å². The van der Waals surface area contributed by atoms with Gasteiger partial charge in [-0.15, -0.1) is 0 Å². The molecule has 0 spiro atoms. The van der Waals surface area contributed by atoms with Crippen LogP contribution in [0.3, 0.4) is 0 Å². The van der Waals surface area contributed by atoms with Crippen LogP contribution < -0.4 is 16.0 Å². The van der Waals surface area contributed by atoms with Gasteiger partial charge in [0.2, 0.25) is 5.91 Å². The standard InChI is InChI=1S/C16H23FN4O/c1-18-16(21-11-13-2-3-13)20-9-8-19-15(22)10-12-4-6-14(17)7-5-12/h4-7,13H,2-3,8-11H2,1H3,(H,19,22)(H2,18,20,21). The van der Waals surface area contributed by atoms with Gasteiger partial charge in [-0.3, -0.25) is 9.79 Å². The van der Waals surface area contributed by atoms with Crippen LogP contribution in [0, 0.1) is 11.7 Å². The molecule has 1 amide bonds. The fourth-order valence-electron chi connectivity index (χ4n) is 2.02. The van der Waals surface area contributed by atoms with Gasteiger partial charge >= 0.3 is 0 Å². The first-order valence-electron chi connectivity index (χ1n) is 7.63. The Morgan fingerprint density at radius 3 is 2.50 bits per heavy atom. The number of carbonyl (C=O) groups is 1. The Morgan fingerprint density at radius 2 is 1.86 bits per heavy atom. The molecule has 1 aliphatic carbocycles. The lowest BCUT2D eigenvalue weighted by molar-refractivity contribution is -0.120. The van der Waals surface area contributed by atoms with E-state index in [-0.39, 0.29) is 18.1 Å². The second-order valence-electron chi connectivity index (χ2n) is 5.48. The largest absolute Gasteiger partial charge is 0.356 e. The van der Waals surface area contributed by atoms with Crippen LogP contribution in [0.25, 0.3) is 0 Å². The summed E-state index contributed by atoms with van der Waals surface area (Å²) in [4.78, 5) is 15.9. The third-order valence-electron chi connectivity index (χ3n) is 3.50. The van der Waals surface area contributed by atoms with Crippen LogP contribution in [0.15, 0.2) is 29.3 Å². The molecule has 0 radical (unpaired) electrons. The Hall–Kier alpha value is -2.11. The summed E-state index contributed by atoms with van der Waals surface area (Å²) in [6.45, 7) is 2.08. The minimum absolute atomic E-state index is 0.0747. The molecule has 2 rings (SSSR count). The zero-order chi connectivity index (χ0) is 15.8. The summed E-state index contributed by atoms with van der Waals surface area (Å²) in [5, 5.41) is 9.23. The van der Waals surface area contributed by atoms with Crippen LogP contribution in [-0.4, -0.2) is 38.5 Å². The number of guanidine groups is 1. The third-order valence-corrected chi connectivity index (χ3v) is 3.50. The highest BCUT2D eigenvalue weighted by Gasteiger charge is 2.20. The molecule has 0 aromatic heterocycles. The summed E-state index contributed by atoms with van der Waals surface area (Å²) in [6, 6.07) is 5.97. The monoisotopic (exact) mass is 306 g/mol. The summed E-state index contributed by atoms with van der Waals surface area (Å²) >= 11 is 0. The molecule has 1 saturated carbocycles. The van der Waals surface area contributed by atoms with Gasteiger partial charge in [-0.05, 0) is 36.5 Å². The van der Waals surface area contributed by atoms with E-state index >= 15 is 0 Å². The smallest absolute Gasteiger partial charge is 0.224 e. The van der Waals surface area contributed by atoms with Gasteiger partial charge in [0.15, 0.2) is 5.96 Å². The Kier molecular flexibility index (Phi) is 6.18. The fraction of sp³-hybridized carbons (Fsp3) is 0.500. The lowest BCUT2D eigenvalue weighted by Crippen LogP contribution is -2.42. The summed E-state index contributed by atoms with van der Waals surface area (Å²) in [5.41, 5.74) is 0.800. The molecule has 1 aromatic rings. The van der Waals surface area contributed by atoms with E-state index in [1.54, 1.807) is 19.2 Å². The van der Waals surface area contributed by atoms with Gasteiger partial charge in [0, 0.05) is 26.7 Å². The van der Waals surface area contributed by atoms with Crippen LogP contribution in [0.4, 0.5) is 4.39 Å².